The van der Waals surface area contributed by atoms with Gasteiger partial charge in [0, 0.05) is 17.4 Å². The molecule has 0 unspecified atom stereocenters. The number of carbonyl (C=O) groups excluding carboxylic acids is 1. The fourth-order valence-corrected chi connectivity index (χ4v) is 10.8. The number of carbonyl (C=O) groups is 1. The van der Waals surface area contributed by atoms with E-state index in [2.05, 4.69) is 63.6 Å². The van der Waals surface area contributed by atoms with E-state index < -0.39 is 8.07 Å². The molecule has 0 atom stereocenters. The largest absolute Gasteiger partial charge is 0.321 e. The van der Waals surface area contributed by atoms with Crippen molar-refractivity contribution in [3.8, 4) is 11.4 Å². The normalized spacial score (nSPS) is 12.2. The Hall–Kier alpha value is -3.05. The molecule has 0 spiro atoms. The second-order valence-electron chi connectivity index (χ2n) is 9.97. The maximum atomic E-state index is 13.0. The number of hydrogen-bond donors (Lipinski definition) is 1. The lowest BCUT2D eigenvalue weighted by molar-refractivity contribution is 0.102. The molecule has 2 heterocycles. The third-order valence-corrected chi connectivity index (χ3v) is 13.6. The van der Waals surface area contributed by atoms with Gasteiger partial charge in [0.2, 0.25) is 0 Å². The summed E-state index contributed by atoms with van der Waals surface area (Å²) in [6, 6.07) is 17.4. The van der Waals surface area contributed by atoms with E-state index in [-0.39, 0.29) is 5.91 Å². The molecule has 3 rings (SSSR count). The number of rotatable bonds is 8. The number of benzene rings is 1. The minimum Gasteiger partial charge on any atom is -0.321 e. The standard InChI is InChI=1S/C29H37N3OSi/c1-20(2)34(21(3)4,22(5)6)18-16-24-14-15-27(32-28(24)26-13-8-9-17-30-26)29(33)31-25-12-10-11-23(7)19-25/h8-22H,1-7H3,(H,31,33)/b18-16+. The maximum Gasteiger partial charge on any atom is 0.274 e. The lowest BCUT2D eigenvalue weighted by Gasteiger charge is -2.40. The van der Waals surface area contributed by atoms with Crippen molar-refractivity contribution in [1.29, 1.82) is 0 Å². The Morgan fingerprint density at radius 3 is 2.21 bits per heavy atom. The van der Waals surface area contributed by atoms with Crippen LogP contribution in [0.2, 0.25) is 16.6 Å². The first-order valence-corrected chi connectivity index (χ1v) is 14.5. The van der Waals surface area contributed by atoms with Gasteiger partial charge in [-0.05, 0) is 59.4 Å². The van der Waals surface area contributed by atoms with Gasteiger partial charge >= 0.3 is 0 Å². The summed E-state index contributed by atoms with van der Waals surface area (Å²) in [5, 5.41) is 2.97. The van der Waals surface area contributed by atoms with E-state index in [9.17, 15) is 4.79 Å². The molecule has 1 N–H and O–H groups in total. The smallest absolute Gasteiger partial charge is 0.274 e. The first-order valence-electron chi connectivity index (χ1n) is 12.1. The molecule has 3 aromatic rings. The van der Waals surface area contributed by atoms with E-state index in [0.29, 0.717) is 22.3 Å². The number of hydrogen-bond acceptors (Lipinski definition) is 3. The van der Waals surface area contributed by atoms with Crippen LogP contribution in [0.25, 0.3) is 17.5 Å². The summed E-state index contributed by atoms with van der Waals surface area (Å²) in [7, 11) is -1.73. The Labute approximate surface area is 205 Å². The van der Waals surface area contributed by atoms with E-state index in [1.807, 2.05) is 55.5 Å². The summed E-state index contributed by atoms with van der Waals surface area (Å²) in [6.45, 7) is 16.1. The topological polar surface area (TPSA) is 54.9 Å². The molecule has 34 heavy (non-hydrogen) atoms. The second-order valence-corrected chi connectivity index (χ2v) is 15.8. The van der Waals surface area contributed by atoms with Crippen LogP contribution in [0.3, 0.4) is 0 Å². The predicted molar refractivity (Wildman–Crippen MR) is 147 cm³/mol. The zero-order chi connectivity index (χ0) is 24.9. The molecule has 2 aromatic heterocycles. The third-order valence-electron chi connectivity index (χ3n) is 6.89. The molecular weight excluding hydrogens is 434 g/mol. The SMILES string of the molecule is Cc1cccc(NC(=O)c2ccc(/C=C/[Si](C(C)C)(C(C)C)C(C)C)c(-c3ccccn3)n2)c1. The van der Waals surface area contributed by atoms with E-state index in [4.69, 9.17) is 4.98 Å². The third kappa shape index (κ3) is 5.53. The van der Waals surface area contributed by atoms with E-state index in [0.717, 1.165) is 28.2 Å². The van der Waals surface area contributed by atoms with Gasteiger partial charge < -0.3 is 5.32 Å². The highest BCUT2D eigenvalue weighted by Crippen LogP contribution is 2.43. The second kappa shape index (κ2) is 10.9. The van der Waals surface area contributed by atoms with E-state index in [1.165, 1.54) is 0 Å². The number of aromatic nitrogens is 2. The highest BCUT2D eigenvalue weighted by molar-refractivity contribution is 6.88. The van der Waals surface area contributed by atoms with Gasteiger partial charge in [-0.2, -0.15) is 0 Å². The molecule has 1 amide bonds. The molecule has 0 aliphatic heterocycles. The molecule has 0 bridgehead atoms. The zero-order valence-corrected chi connectivity index (χ0v) is 22.5. The Morgan fingerprint density at radius 1 is 0.912 bits per heavy atom. The number of nitrogens with one attached hydrogen (secondary N) is 1. The van der Waals surface area contributed by atoms with Crippen molar-refractivity contribution >= 4 is 25.7 Å². The van der Waals surface area contributed by atoms with Crippen molar-refractivity contribution < 1.29 is 4.79 Å². The lowest BCUT2D eigenvalue weighted by Crippen LogP contribution is -2.42. The summed E-state index contributed by atoms with van der Waals surface area (Å²) in [5.74, 6) is -0.228. The number of amides is 1. The van der Waals surface area contributed by atoms with Gasteiger partial charge in [-0.1, -0.05) is 77.6 Å². The molecule has 0 saturated heterocycles. The minimum atomic E-state index is -1.73. The summed E-state index contributed by atoms with van der Waals surface area (Å²) >= 11 is 0. The molecule has 0 saturated carbocycles. The molecule has 5 heteroatoms. The van der Waals surface area contributed by atoms with E-state index >= 15 is 0 Å². The Kier molecular flexibility index (Phi) is 8.21. The molecular formula is C29H37N3OSi. The Balaban J connectivity index is 2.04. The van der Waals surface area contributed by atoms with E-state index in [1.54, 1.807) is 12.3 Å². The van der Waals surface area contributed by atoms with Gasteiger partial charge in [0.15, 0.2) is 0 Å². The van der Waals surface area contributed by atoms with Gasteiger partial charge in [-0.15, -0.1) is 0 Å². The van der Waals surface area contributed by atoms with Crippen LogP contribution in [0.15, 0.2) is 66.5 Å². The van der Waals surface area contributed by atoms with Crippen LogP contribution in [0, 0.1) is 6.92 Å². The summed E-state index contributed by atoms with van der Waals surface area (Å²) in [4.78, 5) is 22.3. The predicted octanol–water partition coefficient (Wildman–Crippen LogP) is 7.94. The minimum absolute atomic E-state index is 0.228. The fraction of sp³-hybridized carbons (Fsp3) is 0.345. The Morgan fingerprint density at radius 2 is 1.62 bits per heavy atom. The van der Waals surface area contributed by atoms with Crippen LogP contribution in [-0.2, 0) is 0 Å². The van der Waals surface area contributed by atoms with Crippen LogP contribution < -0.4 is 5.32 Å². The highest BCUT2D eigenvalue weighted by Gasteiger charge is 2.40. The average molecular weight is 472 g/mol. The fourth-order valence-electron chi connectivity index (χ4n) is 5.17. The van der Waals surface area contributed by atoms with Crippen molar-refractivity contribution in [3.05, 3.63) is 83.3 Å². The zero-order valence-electron chi connectivity index (χ0n) is 21.5. The van der Waals surface area contributed by atoms with Gasteiger partial charge in [0.25, 0.3) is 5.91 Å². The first-order chi connectivity index (χ1) is 16.1. The quantitative estimate of drug-likeness (QED) is 0.339. The van der Waals surface area contributed by atoms with Crippen LogP contribution in [0.4, 0.5) is 5.69 Å². The molecule has 0 aliphatic rings. The first kappa shape index (κ1) is 25.6. The summed E-state index contributed by atoms with van der Waals surface area (Å²) in [5.41, 5.74) is 9.06. The molecule has 4 nitrogen and oxygen atoms in total. The van der Waals surface area contributed by atoms with Gasteiger partial charge in [0.1, 0.15) is 5.69 Å². The summed E-state index contributed by atoms with van der Waals surface area (Å²) < 4.78 is 0. The van der Waals surface area contributed by atoms with Crippen LogP contribution >= 0.6 is 0 Å². The molecule has 0 fully saturated rings. The van der Waals surface area contributed by atoms with Crippen molar-refractivity contribution in [2.75, 3.05) is 5.32 Å². The summed E-state index contributed by atoms with van der Waals surface area (Å²) in [6.07, 6.45) is 3.99. The molecule has 178 valence electrons. The maximum absolute atomic E-state index is 13.0. The van der Waals surface area contributed by atoms with Crippen LogP contribution in [0.5, 0.6) is 0 Å². The van der Waals surface area contributed by atoms with Crippen LogP contribution in [0.1, 0.15) is 63.2 Å². The Bertz CT molecular complexity index is 1130. The lowest BCUT2D eigenvalue weighted by atomic mass is 10.1. The number of nitrogens with zero attached hydrogens (tertiary/aromatic N) is 2. The van der Waals surface area contributed by atoms with Crippen molar-refractivity contribution in [1.82, 2.24) is 9.97 Å². The van der Waals surface area contributed by atoms with Crippen molar-refractivity contribution in [2.24, 2.45) is 0 Å². The molecule has 1 aromatic carbocycles. The monoisotopic (exact) mass is 471 g/mol. The van der Waals surface area contributed by atoms with Gasteiger partial charge in [-0.3, -0.25) is 9.78 Å². The molecule has 0 aliphatic carbocycles. The average Bonchev–Trinajstić information content (AvgIpc) is 2.79. The number of aryl methyl sites for hydroxylation is 1. The number of anilines is 1. The van der Waals surface area contributed by atoms with Crippen LogP contribution in [-0.4, -0.2) is 23.9 Å². The number of pyridine rings is 2. The van der Waals surface area contributed by atoms with Crippen molar-refractivity contribution in [2.45, 2.75) is 65.1 Å². The van der Waals surface area contributed by atoms with Crippen molar-refractivity contribution in [3.63, 3.8) is 0 Å². The van der Waals surface area contributed by atoms with Gasteiger partial charge in [0.05, 0.1) is 19.5 Å². The van der Waals surface area contributed by atoms with Gasteiger partial charge in [-0.25, -0.2) is 4.98 Å². The molecule has 0 radical (unpaired) electrons. The highest BCUT2D eigenvalue weighted by atomic mass is 28.3.